The van der Waals surface area contributed by atoms with Crippen molar-refractivity contribution in [3.05, 3.63) is 24.3 Å². The van der Waals surface area contributed by atoms with Gasteiger partial charge in [-0.15, -0.1) is 0 Å². The quantitative estimate of drug-likeness (QED) is 0.507. The van der Waals surface area contributed by atoms with Crippen LogP contribution in [0.2, 0.25) is 0 Å². The first-order valence-electron chi connectivity index (χ1n) is 6.97. The third-order valence-electron chi connectivity index (χ3n) is 2.85. The highest BCUT2D eigenvalue weighted by atomic mass is 16.5. The largest absolute Gasteiger partial charge is 0.491 e. The molecule has 3 N–H and O–H groups in total. The summed E-state index contributed by atoms with van der Waals surface area (Å²) in [5.74, 6) is 0.631. The molecule has 20 heavy (non-hydrogen) atoms. The molecule has 0 aliphatic heterocycles. The van der Waals surface area contributed by atoms with E-state index >= 15 is 0 Å². The molecule has 112 valence electrons. The van der Waals surface area contributed by atoms with Crippen LogP contribution >= 0.6 is 0 Å². The molecule has 0 heterocycles. The van der Waals surface area contributed by atoms with E-state index in [1.165, 1.54) is 0 Å². The number of hydrogen-bond donors (Lipinski definition) is 2. The number of anilines is 1. The average Bonchev–Trinajstić information content (AvgIpc) is 2.45. The molecular formula is C15H24N2O3. The monoisotopic (exact) mass is 280 g/mol. The number of methoxy groups -OCH3 is 1. The number of nitrogen functional groups attached to an aromatic ring is 1. The minimum atomic E-state index is 0.00578. The number of carbonyl (C=O) groups excluding carboxylic acids is 1. The molecule has 0 saturated heterocycles. The third kappa shape index (κ3) is 6.99. The Labute approximate surface area is 120 Å². The zero-order valence-electron chi connectivity index (χ0n) is 12.1. The van der Waals surface area contributed by atoms with Gasteiger partial charge in [0, 0.05) is 20.3 Å². The van der Waals surface area contributed by atoms with Gasteiger partial charge in [-0.05, 0) is 31.4 Å². The molecule has 5 nitrogen and oxygen atoms in total. The Balaban J connectivity index is 2.04. The fourth-order valence-electron chi connectivity index (χ4n) is 1.73. The van der Waals surface area contributed by atoms with Crippen molar-refractivity contribution in [3.63, 3.8) is 0 Å². The van der Waals surface area contributed by atoms with E-state index in [0.717, 1.165) is 25.9 Å². The zero-order valence-corrected chi connectivity index (χ0v) is 12.1. The Morgan fingerprint density at radius 3 is 2.75 bits per heavy atom. The topological polar surface area (TPSA) is 73.6 Å². The summed E-state index contributed by atoms with van der Waals surface area (Å²) in [6, 6.07) is 7.27. The summed E-state index contributed by atoms with van der Waals surface area (Å²) < 4.78 is 10.4. The maximum absolute atomic E-state index is 11.6. The van der Waals surface area contributed by atoms with E-state index in [9.17, 15) is 4.79 Å². The number of para-hydroxylation sites is 2. The predicted octanol–water partition coefficient (Wildman–Crippen LogP) is 1.97. The fraction of sp³-hybridized carbons (Fsp3) is 0.533. The highest BCUT2D eigenvalue weighted by Crippen LogP contribution is 2.19. The van der Waals surface area contributed by atoms with Gasteiger partial charge in [-0.3, -0.25) is 4.79 Å². The molecule has 1 aromatic carbocycles. The maximum Gasteiger partial charge on any atom is 0.223 e. The van der Waals surface area contributed by atoms with Crippen LogP contribution in [0.4, 0.5) is 5.69 Å². The number of ether oxygens (including phenoxy) is 2. The molecule has 0 fully saturated rings. The number of rotatable bonds is 10. The number of nitrogens with one attached hydrogen (secondary N) is 1. The number of hydrogen-bond acceptors (Lipinski definition) is 4. The standard InChI is InChI=1S/C15H24N2O3/c1-19-11-6-2-5-10-17-15(18)9-12-20-14-8-4-3-7-13(14)16/h3-4,7-8H,2,5-6,9-12,16H2,1H3,(H,17,18). The predicted molar refractivity (Wildman–Crippen MR) is 79.7 cm³/mol. The minimum Gasteiger partial charge on any atom is -0.491 e. The summed E-state index contributed by atoms with van der Waals surface area (Å²) in [6.07, 6.45) is 3.40. The lowest BCUT2D eigenvalue weighted by Crippen LogP contribution is -2.26. The average molecular weight is 280 g/mol. The first-order chi connectivity index (χ1) is 9.74. The van der Waals surface area contributed by atoms with Crippen LogP contribution in [-0.4, -0.2) is 32.8 Å². The molecule has 1 aromatic rings. The number of carbonyl (C=O) groups is 1. The van der Waals surface area contributed by atoms with Crippen LogP contribution in [0.15, 0.2) is 24.3 Å². The van der Waals surface area contributed by atoms with Gasteiger partial charge in [0.1, 0.15) is 5.75 Å². The molecule has 0 saturated carbocycles. The Bertz CT molecular complexity index is 396. The van der Waals surface area contributed by atoms with Gasteiger partial charge in [-0.1, -0.05) is 12.1 Å². The van der Waals surface area contributed by atoms with E-state index in [-0.39, 0.29) is 5.91 Å². The third-order valence-corrected chi connectivity index (χ3v) is 2.85. The molecule has 0 spiro atoms. The van der Waals surface area contributed by atoms with Crippen LogP contribution in [0.5, 0.6) is 5.75 Å². The molecule has 0 atom stereocenters. The number of nitrogens with two attached hydrogens (primary N) is 1. The molecule has 1 rings (SSSR count). The van der Waals surface area contributed by atoms with E-state index in [0.29, 0.717) is 31.0 Å². The highest BCUT2D eigenvalue weighted by Gasteiger charge is 2.03. The summed E-state index contributed by atoms with van der Waals surface area (Å²) in [6.45, 7) is 1.82. The first kappa shape index (κ1) is 16.3. The van der Waals surface area contributed by atoms with Crippen LogP contribution in [0, 0.1) is 0 Å². The smallest absolute Gasteiger partial charge is 0.223 e. The molecule has 5 heteroatoms. The van der Waals surface area contributed by atoms with E-state index in [4.69, 9.17) is 15.2 Å². The molecule has 1 amide bonds. The van der Waals surface area contributed by atoms with Gasteiger partial charge in [0.15, 0.2) is 0 Å². The zero-order chi connectivity index (χ0) is 14.6. The Hall–Kier alpha value is -1.75. The van der Waals surface area contributed by atoms with Gasteiger partial charge >= 0.3 is 0 Å². The van der Waals surface area contributed by atoms with Gasteiger partial charge in [-0.25, -0.2) is 0 Å². The van der Waals surface area contributed by atoms with Crippen LogP contribution in [-0.2, 0) is 9.53 Å². The van der Waals surface area contributed by atoms with Crippen LogP contribution in [0.25, 0.3) is 0 Å². The summed E-state index contributed by atoms with van der Waals surface area (Å²) in [4.78, 5) is 11.6. The van der Waals surface area contributed by atoms with Crippen molar-refractivity contribution in [2.45, 2.75) is 25.7 Å². The van der Waals surface area contributed by atoms with Gasteiger partial charge in [-0.2, -0.15) is 0 Å². The first-order valence-corrected chi connectivity index (χ1v) is 6.97. The Morgan fingerprint density at radius 1 is 1.20 bits per heavy atom. The molecule has 0 radical (unpaired) electrons. The SMILES string of the molecule is COCCCCCNC(=O)CCOc1ccccc1N. The molecule has 0 unspecified atom stereocenters. The van der Waals surface area contributed by atoms with Crippen molar-refractivity contribution in [3.8, 4) is 5.75 Å². The molecule has 0 aliphatic carbocycles. The van der Waals surface area contributed by atoms with Crippen molar-refractivity contribution in [2.24, 2.45) is 0 Å². The van der Waals surface area contributed by atoms with Crippen molar-refractivity contribution in [2.75, 3.05) is 32.6 Å². The lowest BCUT2D eigenvalue weighted by Gasteiger charge is -2.09. The highest BCUT2D eigenvalue weighted by molar-refractivity contribution is 5.75. The van der Waals surface area contributed by atoms with E-state index in [2.05, 4.69) is 5.32 Å². The van der Waals surface area contributed by atoms with Gasteiger partial charge < -0.3 is 20.5 Å². The Morgan fingerprint density at radius 2 is 2.00 bits per heavy atom. The number of benzene rings is 1. The van der Waals surface area contributed by atoms with E-state index in [1.54, 1.807) is 19.2 Å². The maximum atomic E-state index is 11.6. The molecule has 0 aliphatic rings. The lowest BCUT2D eigenvalue weighted by molar-refractivity contribution is -0.121. The molecular weight excluding hydrogens is 256 g/mol. The van der Waals surface area contributed by atoms with Crippen molar-refractivity contribution >= 4 is 11.6 Å². The lowest BCUT2D eigenvalue weighted by atomic mass is 10.2. The van der Waals surface area contributed by atoms with Gasteiger partial charge in [0.25, 0.3) is 0 Å². The summed E-state index contributed by atoms with van der Waals surface area (Å²) in [5.41, 5.74) is 6.33. The number of amides is 1. The second-order valence-electron chi connectivity index (χ2n) is 4.54. The van der Waals surface area contributed by atoms with Crippen molar-refractivity contribution < 1.29 is 14.3 Å². The van der Waals surface area contributed by atoms with Gasteiger partial charge in [0.2, 0.25) is 5.91 Å². The summed E-state index contributed by atoms with van der Waals surface area (Å²) in [5, 5.41) is 2.87. The molecule has 0 bridgehead atoms. The summed E-state index contributed by atoms with van der Waals surface area (Å²) in [7, 11) is 1.70. The normalized spacial score (nSPS) is 10.2. The Kier molecular flexibility index (Phi) is 8.22. The molecule has 0 aromatic heterocycles. The second kappa shape index (κ2) is 10.1. The summed E-state index contributed by atoms with van der Waals surface area (Å²) >= 11 is 0. The second-order valence-corrected chi connectivity index (χ2v) is 4.54. The van der Waals surface area contributed by atoms with E-state index in [1.807, 2.05) is 12.1 Å². The minimum absolute atomic E-state index is 0.00578. The van der Waals surface area contributed by atoms with Crippen LogP contribution < -0.4 is 15.8 Å². The van der Waals surface area contributed by atoms with Crippen molar-refractivity contribution in [1.29, 1.82) is 0 Å². The van der Waals surface area contributed by atoms with Crippen LogP contribution in [0.1, 0.15) is 25.7 Å². The van der Waals surface area contributed by atoms with Crippen molar-refractivity contribution in [1.82, 2.24) is 5.32 Å². The van der Waals surface area contributed by atoms with E-state index < -0.39 is 0 Å². The van der Waals surface area contributed by atoms with Crippen LogP contribution in [0.3, 0.4) is 0 Å². The number of unbranched alkanes of at least 4 members (excludes halogenated alkanes) is 2. The van der Waals surface area contributed by atoms with Gasteiger partial charge in [0.05, 0.1) is 18.7 Å². The fourth-order valence-corrected chi connectivity index (χ4v) is 1.73.